The molecule has 2 atom stereocenters. The highest BCUT2D eigenvalue weighted by Crippen LogP contribution is 2.43. The van der Waals surface area contributed by atoms with Gasteiger partial charge in [-0.15, -0.1) is 0 Å². The number of fused-ring (bicyclic) bond motifs is 2. The minimum absolute atomic E-state index is 0.0333. The van der Waals surface area contributed by atoms with E-state index in [1.54, 1.807) is 49.6 Å². The van der Waals surface area contributed by atoms with E-state index < -0.39 is 17.7 Å². The van der Waals surface area contributed by atoms with Crippen molar-refractivity contribution in [3.8, 4) is 23.0 Å². The lowest BCUT2D eigenvalue weighted by atomic mass is 9.94. The molecular formula is C29H25NO7. The third kappa shape index (κ3) is 3.94. The van der Waals surface area contributed by atoms with Crippen LogP contribution >= 0.6 is 0 Å². The Morgan fingerprint density at radius 1 is 1.03 bits per heavy atom. The van der Waals surface area contributed by atoms with Crippen LogP contribution in [0, 0.1) is 0 Å². The summed E-state index contributed by atoms with van der Waals surface area (Å²) in [5.74, 6) is 0.904. The monoisotopic (exact) mass is 499 g/mol. The number of ketones is 1. The lowest BCUT2D eigenvalue weighted by molar-refractivity contribution is -0.140. The van der Waals surface area contributed by atoms with E-state index >= 15 is 0 Å². The van der Waals surface area contributed by atoms with Crippen LogP contribution in [0.25, 0.3) is 5.76 Å². The van der Waals surface area contributed by atoms with Gasteiger partial charge in [0.15, 0.2) is 11.5 Å². The molecule has 188 valence electrons. The maximum absolute atomic E-state index is 13.4. The SMILES string of the molecule is COc1cccc(C2/C(=C(/O)c3ccc4c(c3)CC(C)O4)C(=O)C(=O)N2Cc2ccc3c(c2)OCO3)c1. The predicted octanol–water partition coefficient (Wildman–Crippen LogP) is 4.37. The number of hydrogen-bond donors (Lipinski definition) is 1. The standard InChI is InChI=1S/C29H25NO7/c1-16-10-20-12-19(7-9-22(20)37-16)27(31)25-26(18-4-3-5-21(13-18)34-2)30(29(33)28(25)32)14-17-6-8-23-24(11-17)36-15-35-23/h3-9,11-13,16,26,31H,10,14-15H2,1-2H3/b27-25-. The van der Waals surface area contributed by atoms with Crippen molar-refractivity contribution in [3.63, 3.8) is 0 Å². The second-order valence-electron chi connectivity index (χ2n) is 9.35. The number of carbonyl (C=O) groups excluding carboxylic acids is 2. The summed E-state index contributed by atoms with van der Waals surface area (Å²) < 4.78 is 22.1. The Balaban J connectivity index is 1.45. The van der Waals surface area contributed by atoms with Crippen molar-refractivity contribution < 1.29 is 33.6 Å². The van der Waals surface area contributed by atoms with E-state index in [0.717, 1.165) is 16.9 Å². The molecule has 1 N–H and O–H groups in total. The first-order valence-corrected chi connectivity index (χ1v) is 12.0. The largest absolute Gasteiger partial charge is 0.507 e. The van der Waals surface area contributed by atoms with Crippen molar-refractivity contribution in [2.24, 2.45) is 0 Å². The van der Waals surface area contributed by atoms with Crippen LogP contribution in [-0.2, 0) is 22.6 Å². The average molecular weight is 500 g/mol. The van der Waals surface area contributed by atoms with Gasteiger partial charge < -0.3 is 29.0 Å². The highest BCUT2D eigenvalue weighted by molar-refractivity contribution is 6.46. The number of aliphatic hydroxyl groups is 1. The molecule has 37 heavy (non-hydrogen) atoms. The lowest BCUT2D eigenvalue weighted by Gasteiger charge is -2.26. The highest BCUT2D eigenvalue weighted by atomic mass is 16.7. The molecule has 3 aromatic rings. The van der Waals surface area contributed by atoms with Gasteiger partial charge in [-0.3, -0.25) is 9.59 Å². The minimum Gasteiger partial charge on any atom is -0.507 e. The Kier molecular flexibility index (Phi) is 5.52. The average Bonchev–Trinajstić information content (AvgIpc) is 3.59. The fourth-order valence-electron chi connectivity index (χ4n) is 5.16. The van der Waals surface area contributed by atoms with Crippen LogP contribution < -0.4 is 18.9 Å². The number of hydrogen-bond acceptors (Lipinski definition) is 7. The van der Waals surface area contributed by atoms with Gasteiger partial charge in [-0.2, -0.15) is 0 Å². The molecule has 1 saturated heterocycles. The molecule has 0 radical (unpaired) electrons. The van der Waals surface area contributed by atoms with Crippen molar-refractivity contribution in [2.75, 3.05) is 13.9 Å². The maximum Gasteiger partial charge on any atom is 0.295 e. The summed E-state index contributed by atoms with van der Waals surface area (Å²) in [6, 6.07) is 17.1. The van der Waals surface area contributed by atoms with Crippen molar-refractivity contribution >= 4 is 17.4 Å². The summed E-state index contributed by atoms with van der Waals surface area (Å²) in [6.07, 6.45) is 0.741. The molecule has 8 nitrogen and oxygen atoms in total. The predicted molar refractivity (Wildman–Crippen MR) is 134 cm³/mol. The first-order chi connectivity index (χ1) is 17.9. The Morgan fingerprint density at radius 2 is 1.84 bits per heavy atom. The molecular weight excluding hydrogens is 474 g/mol. The number of nitrogens with zero attached hydrogens (tertiary/aromatic N) is 1. The Hall–Kier alpha value is -4.46. The third-order valence-electron chi connectivity index (χ3n) is 6.91. The smallest absolute Gasteiger partial charge is 0.295 e. The van der Waals surface area contributed by atoms with E-state index in [9.17, 15) is 14.7 Å². The summed E-state index contributed by atoms with van der Waals surface area (Å²) in [6.45, 7) is 2.25. The number of benzene rings is 3. The molecule has 0 aliphatic carbocycles. The topological polar surface area (TPSA) is 94.5 Å². The highest BCUT2D eigenvalue weighted by Gasteiger charge is 2.46. The van der Waals surface area contributed by atoms with E-state index in [2.05, 4.69) is 0 Å². The molecule has 3 aromatic carbocycles. The fourth-order valence-corrected chi connectivity index (χ4v) is 5.16. The van der Waals surface area contributed by atoms with Gasteiger partial charge in [0.2, 0.25) is 6.79 Å². The van der Waals surface area contributed by atoms with Gasteiger partial charge in [0.25, 0.3) is 11.7 Å². The Labute approximate surface area is 213 Å². The first-order valence-electron chi connectivity index (χ1n) is 12.0. The molecule has 2 unspecified atom stereocenters. The van der Waals surface area contributed by atoms with E-state index in [1.807, 2.05) is 25.1 Å². The second-order valence-corrected chi connectivity index (χ2v) is 9.35. The molecule has 1 amide bonds. The normalized spacial score (nSPS) is 21.2. The number of aliphatic hydroxyl groups excluding tert-OH is 1. The number of ether oxygens (including phenoxy) is 4. The quantitative estimate of drug-likeness (QED) is 0.317. The van der Waals surface area contributed by atoms with E-state index in [1.165, 1.54) is 4.90 Å². The number of carbonyl (C=O) groups is 2. The van der Waals surface area contributed by atoms with Gasteiger partial charge in [-0.05, 0) is 66.1 Å². The van der Waals surface area contributed by atoms with Gasteiger partial charge >= 0.3 is 0 Å². The molecule has 3 aliphatic heterocycles. The molecule has 8 heteroatoms. The second kappa shape index (κ2) is 8.89. The summed E-state index contributed by atoms with van der Waals surface area (Å²) in [5, 5.41) is 11.4. The molecule has 1 fully saturated rings. The zero-order valence-corrected chi connectivity index (χ0v) is 20.4. The number of amides is 1. The van der Waals surface area contributed by atoms with E-state index in [4.69, 9.17) is 18.9 Å². The van der Waals surface area contributed by atoms with Gasteiger partial charge in [0.05, 0.1) is 18.7 Å². The Morgan fingerprint density at radius 3 is 2.68 bits per heavy atom. The van der Waals surface area contributed by atoms with Crippen LogP contribution in [0.5, 0.6) is 23.0 Å². The van der Waals surface area contributed by atoms with Crippen molar-refractivity contribution in [3.05, 3.63) is 88.5 Å². The van der Waals surface area contributed by atoms with Crippen LogP contribution in [0.2, 0.25) is 0 Å². The zero-order valence-electron chi connectivity index (χ0n) is 20.4. The van der Waals surface area contributed by atoms with Crippen LogP contribution in [0.1, 0.15) is 35.2 Å². The van der Waals surface area contributed by atoms with E-state index in [-0.39, 0.29) is 30.8 Å². The number of methoxy groups -OCH3 is 1. The van der Waals surface area contributed by atoms with Crippen LogP contribution in [0.4, 0.5) is 0 Å². The number of Topliss-reactive ketones (excluding diaryl/α,β-unsaturated/α-hetero) is 1. The molecule has 3 heterocycles. The van der Waals surface area contributed by atoms with Crippen molar-refractivity contribution in [1.82, 2.24) is 4.90 Å². The van der Waals surface area contributed by atoms with Crippen molar-refractivity contribution in [2.45, 2.75) is 32.0 Å². The summed E-state index contributed by atoms with van der Waals surface area (Å²) in [5.41, 5.74) is 2.86. The van der Waals surface area contributed by atoms with Crippen LogP contribution in [0.15, 0.2) is 66.2 Å². The Bertz CT molecular complexity index is 1460. The van der Waals surface area contributed by atoms with Crippen LogP contribution in [0.3, 0.4) is 0 Å². The lowest BCUT2D eigenvalue weighted by Crippen LogP contribution is -2.29. The minimum atomic E-state index is -0.816. The molecule has 0 bridgehead atoms. The van der Waals surface area contributed by atoms with Gasteiger partial charge in [-0.1, -0.05) is 18.2 Å². The van der Waals surface area contributed by atoms with Gasteiger partial charge in [-0.25, -0.2) is 0 Å². The molecule has 0 saturated carbocycles. The third-order valence-corrected chi connectivity index (χ3v) is 6.91. The summed E-state index contributed by atoms with van der Waals surface area (Å²) >= 11 is 0. The fraction of sp³-hybridized carbons (Fsp3) is 0.241. The molecule has 3 aliphatic rings. The number of likely N-dealkylation sites (tertiary alicyclic amines) is 1. The molecule has 0 spiro atoms. The summed E-state index contributed by atoms with van der Waals surface area (Å²) in [7, 11) is 1.55. The molecule has 6 rings (SSSR count). The maximum atomic E-state index is 13.4. The zero-order chi connectivity index (χ0) is 25.7. The van der Waals surface area contributed by atoms with Gasteiger partial charge in [0.1, 0.15) is 23.4 Å². The first kappa shape index (κ1) is 23.0. The van der Waals surface area contributed by atoms with Crippen molar-refractivity contribution in [1.29, 1.82) is 0 Å². The van der Waals surface area contributed by atoms with Crippen LogP contribution in [-0.4, -0.2) is 41.7 Å². The number of rotatable bonds is 5. The van der Waals surface area contributed by atoms with Gasteiger partial charge in [0, 0.05) is 18.5 Å². The molecule has 0 aromatic heterocycles. The summed E-state index contributed by atoms with van der Waals surface area (Å²) in [4.78, 5) is 28.3. The van der Waals surface area contributed by atoms with E-state index in [0.29, 0.717) is 34.8 Å².